The van der Waals surface area contributed by atoms with Gasteiger partial charge in [0.15, 0.2) is 11.6 Å². The highest BCUT2D eigenvalue weighted by atomic mass is 32.2. The van der Waals surface area contributed by atoms with E-state index in [0.717, 1.165) is 17.8 Å². The molecule has 0 bridgehead atoms. The molecule has 0 atom stereocenters. The molecule has 0 heterocycles. The molecule has 0 saturated heterocycles. The Morgan fingerprint density at radius 3 is 2.53 bits per heavy atom. The highest BCUT2D eigenvalue weighted by molar-refractivity contribution is 7.99. The zero-order valence-corrected chi connectivity index (χ0v) is 8.58. The highest BCUT2D eigenvalue weighted by Crippen LogP contribution is 2.31. The van der Waals surface area contributed by atoms with Gasteiger partial charge in [0.1, 0.15) is 0 Å². The van der Waals surface area contributed by atoms with Gasteiger partial charge in [0.05, 0.1) is 0 Å². The van der Waals surface area contributed by atoms with Crippen LogP contribution in [0.1, 0.15) is 6.92 Å². The monoisotopic (exact) mass is 240 g/mol. The molecular weight excluding hydrogens is 232 g/mol. The molecule has 0 aromatic heterocycles. The van der Waals surface area contributed by atoms with Gasteiger partial charge in [-0.25, -0.2) is 4.39 Å². The van der Waals surface area contributed by atoms with Crippen molar-refractivity contribution in [2.75, 3.05) is 5.75 Å². The maximum atomic E-state index is 13.3. The number of alkyl halides is 3. The van der Waals surface area contributed by atoms with Crippen molar-refractivity contribution in [2.45, 2.75) is 18.2 Å². The summed E-state index contributed by atoms with van der Waals surface area (Å²) in [5, 5.41) is 0. The third-order valence-electron chi connectivity index (χ3n) is 1.45. The Morgan fingerprint density at radius 1 is 1.33 bits per heavy atom. The molecule has 1 aromatic rings. The lowest BCUT2D eigenvalue weighted by atomic mass is 10.3. The second-order valence-corrected chi connectivity index (χ2v) is 3.85. The number of halogens is 4. The molecule has 84 valence electrons. The van der Waals surface area contributed by atoms with E-state index in [2.05, 4.69) is 4.74 Å². The SMILES string of the molecule is CCSc1cccc(OC(F)(F)F)c1F. The molecule has 0 aliphatic rings. The number of hydrogen-bond acceptors (Lipinski definition) is 2. The molecule has 1 rings (SSSR count). The Bertz CT molecular complexity index is 337. The first-order chi connectivity index (χ1) is 6.94. The van der Waals surface area contributed by atoms with Gasteiger partial charge in [-0.1, -0.05) is 13.0 Å². The summed E-state index contributed by atoms with van der Waals surface area (Å²) >= 11 is 1.12. The van der Waals surface area contributed by atoms with E-state index in [-0.39, 0.29) is 4.90 Å². The van der Waals surface area contributed by atoms with Gasteiger partial charge in [0.25, 0.3) is 0 Å². The second-order valence-electron chi connectivity index (χ2n) is 2.55. The fourth-order valence-electron chi connectivity index (χ4n) is 0.961. The molecule has 1 aromatic carbocycles. The second kappa shape index (κ2) is 4.74. The summed E-state index contributed by atoms with van der Waals surface area (Å²) in [5.41, 5.74) is 0. The van der Waals surface area contributed by atoms with Gasteiger partial charge in [-0.3, -0.25) is 0 Å². The molecule has 0 aliphatic heterocycles. The molecule has 0 fully saturated rings. The number of ether oxygens (including phenoxy) is 1. The lowest BCUT2D eigenvalue weighted by molar-refractivity contribution is -0.275. The number of hydrogen-bond donors (Lipinski definition) is 0. The van der Waals surface area contributed by atoms with E-state index in [9.17, 15) is 17.6 Å². The van der Waals surface area contributed by atoms with Gasteiger partial charge in [-0.05, 0) is 17.9 Å². The van der Waals surface area contributed by atoms with Crippen LogP contribution in [0.15, 0.2) is 23.1 Å². The molecule has 0 N–H and O–H groups in total. The first kappa shape index (κ1) is 12.2. The molecular formula is C9H8F4OS. The van der Waals surface area contributed by atoms with Crippen LogP contribution in [0.2, 0.25) is 0 Å². The van der Waals surface area contributed by atoms with Crippen LogP contribution in [-0.4, -0.2) is 12.1 Å². The van der Waals surface area contributed by atoms with Crippen molar-refractivity contribution in [3.05, 3.63) is 24.0 Å². The van der Waals surface area contributed by atoms with Gasteiger partial charge >= 0.3 is 6.36 Å². The topological polar surface area (TPSA) is 9.23 Å². The van der Waals surface area contributed by atoms with Crippen molar-refractivity contribution in [1.29, 1.82) is 0 Å². The molecule has 6 heteroatoms. The summed E-state index contributed by atoms with van der Waals surface area (Å²) in [6.07, 6.45) is -4.86. The predicted molar refractivity (Wildman–Crippen MR) is 49.5 cm³/mol. The smallest absolute Gasteiger partial charge is 0.403 e. The lowest BCUT2D eigenvalue weighted by Crippen LogP contribution is -2.18. The van der Waals surface area contributed by atoms with Crippen LogP contribution in [0.3, 0.4) is 0 Å². The van der Waals surface area contributed by atoms with Crippen LogP contribution in [-0.2, 0) is 0 Å². The molecule has 0 radical (unpaired) electrons. The molecule has 0 saturated carbocycles. The van der Waals surface area contributed by atoms with Crippen molar-refractivity contribution in [3.8, 4) is 5.75 Å². The fourth-order valence-corrected chi connectivity index (χ4v) is 1.67. The van der Waals surface area contributed by atoms with Crippen molar-refractivity contribution in [3.63, 3.8) is 0 Å². The Morgan fingerprint density at radius 2 is 2.00 bits per heavy atom. The van der Waals surface area contributed by atoms with E-state index in [1.54, 1.807) is 6.92 Å². The lowest BCUT2D eigenvalue weighted by Gasteiger charge is -2.11. The van der Waals surface area contributed by atoms with Gasteiger partial charge in [0, 0.05) is 4.90 Å². The Balaban J connectivity index is 2.94. The Hall–Kier alpha value is -0.910. The molecule has 0 aliphatic carbocycles. The summed E-state index contributed by atoms with van der Waals surface area (Å²) in [4.78, 5) is 0.152. The molecule has 15 heavy (non-hydrogen) atoms. The van der Waals surface area contributed by atoms with Crippen molar-refractivity contribution in [1.82, 2.24) is 0 Å². The van der Waals surface area contributed by atoms with Crippen LogP contribution in [0, 0.1) is 5.82 Å². The first-order valence-electron chi connectivity index (χ1n) is 4.11. The maximum absolute atomic E-state index is 13.3. The predicted octanol–water partition coefficient (Wildman–Crippen LogP) is 3.84. The van der Waals surface area contributed by atoms with Crippen molar-refractivity contribution < 1.29 is 22.3 Å². The van der Waals surface area contributed by atoms with E-state index in [1.807, 2.05) is 0 Å². The molecule has 0 amide bonds. The molecule has 0 spiro atoms. The van der Waals surface area contributed by atoms with E-state index in [1.165, 1.54) is 12.1 Å². The number of benzene rings is 1. The normalized spacial score (nSPS) is 11.5. The summed E-state index contributed by atoms with van der Waals surface area (Å²) in [5.74, 6) is -1.19. The average molecular weight is 240 g/mol. The summed E-state index contributed by atoms with van der Waals surface area (Å²) < 4.78 is 52.4. The standard InChI is InChI=1S/C9H8F4OS/c1-2-15-7-5-3-4-6(8(7)10)14-9(11,12)13/h3-5H,2H2,1H3. The minimum absolute atomic E-state index is 0.152. The van der Waals surface area contributed by atoms with E-state index in [4.69, 9.17) is 0 Å². The molecule has 1 nitrogen and oxygen atoms in total. The maximum Gasteiger partial charge on any atom is 0.573 e. The minimum Gasteiger partial charge on any atom is -0.403 e. The van der Waals surface area contributed by atoms with E-state index >= 15 is 0 Å². The quantitative estimate of drug-likeness (QED) is 0.586. The van der Waals surface area contributed by atoms with Crippen molar-refractivity contribution >= 4 is 11.8 Å². The van der Waals surface area contributed by atoms with Gasteiger partial charge in [-0.2, -0.15) is 0 Å². The van der Waals surface area contributed by atoms with Crippen molar-refractivity contribution in [2.24, 2.45) is 0 Å². The van der Waals surface area contributed by atoms with E-state index < -0.39 is 17.9 Å². The third kappa shape index (κ3) is 3.62. The van der Waals surface area contributed by atoms with Crippen LogP contribution >= 0.6 is 11.8 Å². The minimum atomic E-state index is -4.86. The Kier molecular flexibility index (Phi) is 3.84. The van der Waals surface area contributed by atoms with Gasteiger partial charge in [0.2, 0.25) is 0 Å². The number of rotatable bonds is 3. The van der Waals surface area contributed by atoms with Crippen LogP contribution < -0.4 is 4.74 Å². The van der Waals surface area contributed by atoms with Gasteiger partial charge < -0.3 is 4.74 Å². The van der Waals surface area contributed by atoms with Crippen LogP contribution in [0.4, 0.5) is 17.6 Å². The third-order valence-corrected chi connectivity index (χ3v) is 2.37. The van der Waals surface area contributed by atoms with E-state index in [0.29, 0.717) is 5.75 Å². The largest absolute Gasteiger partial charge is 0.573 e. The zero-order valence-electron chi connectivity index (χ0n) is 7.77. The zero-order chi connectivity index (χ0) is 11.5. The number of thioether (sulfide) groups is 1. The average Bonchev–Trinajstić information content (AvgIpc) is 2.10. The summed E-state index contributed by atoms with van der Waals surface area (Å²) in [6.45, 7) is 1.78. The fraction of sp³-hybridized carbons (Fsp3) is 0.333. The Labute approximate surface area is 88.4 Å². The van der Waals surface area contributed by atoms with Crippen LogP contribution in [0.5, 0.6) is 5.75 Å². The summed E-state index contributed by atoms with van der Waals surface area (Å²) in [6, 6.07) is 3.68. The van der Waals surface area contributed by atoms with Crippen LogP contribution in [0.25, 0.3) is 0 Å². The van der Waals surface area contributed by atoms with Gasteiger partial charge in [-0.15, -0.1) is 24.9 Å². The first-order valence-corrected chi connectivity index (χ1v) is 5.09. The molecule has 0 unspecified atom stereocenters. The summed E-state index contributed by atoms with van der Waals surface area (Å²) in [7, 11) is 0. The highest BCUT2D eigenvalue weighted by Gasteiger charge is 2.32.